The summed E-state index contributed by atoms with van der Waals surface area (Å²) in [5, 5.41) is -0.214. The van der Waals surface area contributed by atoms with Crippen molar-refractivity contribution in [1.82, 2.24) is 0 Å². The highest BCUT2D eigenvalue weighted by Gasteiger charge is 2.24. The number of halogens is 2. The first-order valence-corrected chi connectivity index (χ1v) is 7.13. The zero-order valence-electron chi connectivity index (χ0n) is 10.8. The Morgan fingerprint density at radius 2 is 1.89 bits per heavy atom. The molecule has 2 rings (SSSR count). The molecule has 1 aliphatic rings. The van der Waals surface area contributed by atoms with Crippen LogP contribution in [0, 0.1) is 11.7 Å². The van der Waals surface area contributed by atoms with E-state index >= 15 is 0 Å². The Balaban J connectivity index is 2.14. The first-order chi connectivity index (χ1) is 8.72. The van der Waals surface area contributed by atoms with Crippen molar-refractivity contribution in [2.24, 2.45) is 5.92 Å². The zero-order valence-corrected chi connectivity index (χ0v) is 11.5. The van der Waals surface area contributed by atoms with Crippen LogP contribution in [0.2, 0.25) is 0 Å². The number of alkyl halides is 1. The van der Waals surface area contributed by atoms with Crippen molar-refractivity contribution in [3.63, 3.8) is 0 Å². The average Bonchev–Trinajstić information content (AvgIpc) is 2.66. The third-order valence-electron chi connectivity index (χ3n) is 3.82. The third-order valence-corrected chi connectivity index (χ3v) is 4.41. The summed E-state index contributed by atoms with van der Waals surface area (Å²) >= 11 is 6.48. The highest BCUT2D eigenvalue weighted by atomic mass is 35.5. The number of benzene rings is 1. The summed E-state index contributed by atoms with van der Waals surface area (Å²) in [5.41, 5.74) is 0.615. The van der Waals surface area contributed by atoms with Gasteiger partial charge >= 0.3 is 0 Å². The lowest BCUT2D eigenvalue weighted by Gasteiger charge is -2.21. The molecule has 1 aromatic rings. The third kappa shape index (κ3) is 3.17. The van der Waals surface area contributed by atoms with Crippen LogP contribution in [0.25, 0.3) is 0 Å². The fourth-order valence-electron chi connectivity index (χ4n) is 2.72. The van der Waals surface area contributed by atoms with E-state index in [9.17, 15) is 4.39 Å². The second kappa shape index (κ2) is 6.42. The number of hydrogen-bond donors (Lipinski definition) is 0. The molecule has 3 heteroatoms. The number of methoxy groups -OCH3 is 1. The average molecular weight is 271 g/mol. The van der Waals surface area contributed by atoms with Crippen molar-refractivity contribution in [1.29, 1.82) is 0 Å². The lowest BCUT2D eigenvalue weighted by Crippen LogP contribution is -2.09. The summed E-state index contributed by atoms with van der Waals surface area (Å²) < 4.78 is 19.0. The largest absolute Gasteiger partial charge is 0.497 e. The number of ether oxygens (including phenoxy) is 1. The van der Waals surface area contributed by atoms with Crippen LogP contribution < -0.4 is 4.74 Å². The molecule has 0 N–H and O–H groups in total. The monoisotopic (exact) mass is 270 g/mol. The Morgan fingerprint density at radius 3 is 2.44 bits per heavy atom. The molecule has 1 nitrogen and oxygen atoms in total. The molecule has 18 heavy (non-hydrogen) atoms. The van der Waals surface area contributed by atoms with E-state index in [1.54, 1.807) is 12.1 Å². The molecule has 0 aromatic heterocycles. The van der Waals surface area contributed by atoms with Crippen LogP contribution in [0.3, 0.4) is 0 Å². The van der Waals surface area contributed by atoms with E-state index in [0.717, 1.165) is 12.8 Å². The van der Waals surface area contributed by atoms with Gasteiger partial charge in [0, 0.05) is 11.6 Å². The molecule has 0 saturated heterocycles. The number of hydrogen-bond acceptors (Lipinski definition) is 1. The molecule has 0 bridgehead atoms. The van der Waals surface area contributed by atoms with E-state index < -0.39 is 0 Å². The molecule has 0 amide bonds. The minimum absolute atomic E-state index is 0.214. The van der Waals surface area contributed by atoms with Crippen LogP contribution in [0.4, 0.5) is 4.39 Å². The lowest BCUT2D eigenvalue weighted by atomic mass is 9.91. The molecule has 1 saturated carbocycles. The van der Waals surface area contributed by atoms with Gasteiger partial charge in [0.1, 0.15) is 11.6 Å². The van der Waals surface area contributed by atoms with Crippen molar-refractivity contribution in [2.45, 2.75) is 43.9 Å². The molecule has 1 fully saturated rings. The van der Waals surface area contributed by atoms with Gasteiger partial charge in [-0.3, -0.25) is 0 Å². The van der Waals surface area contributed by atoms with E-state index in [0.29, 0.717) is 17.2 Å². The SMILES string of the molecule is COc1ccc(C(Cl)C2CCCCCC2)c(F)c1. The van der Waals surface area contributed by atoms with E-state index in [1.165, 1.54) is 38.9 Å². The predicted octanol–water partition coefficient (Wildman–Crippen LogP) is 5.08. The van der Waals surface area contributed by atoms with Crippen LogP contribution >= 0.6 is 11.6 Å². The van der Waals surface area contributed by atoms with Gasteiger partial charge < -0.3 is 4.74 Å². The molecule has 0 spiro atoms. The molecule has 1 unspecified atom stereocenters. The smallest absolute Gasteiger partial charge is 0.131 e. The normalized spacial score (nSPS) is 19.3. The minimum Gasteiger partial charge on any atom is -0.497 e. The van der Waals surface area contributed by atoms with Gasteiger partial charge in [0.15, 0.2) is 0 Å². The van der Waals surface area contributed by atoms with E-state index in [4.69, 9.17) is 16.3 Å². The minimum atomic E-state index is -0.251. The van der Waals surface area contributed by atoms with Gasteiger partial charge in [-0.2, -0.15) is 0 Å². The quantitative estimate of drug-likeness (QED) is 0.549. The fourth-order valence-corrected chi connectivity index (χ4v) is 3.14. The van der Waals surface area contributed by atoms with Crippen molar-refractivity contribution in [3.05, 3.63) is 29.6 Å². The molecule has 1 aromatic carbocycles. The molecule has 1 atom stereocenters. The molecule has 1 aliphatic carbocycles. The topological polar surface area (TPSA) is 9.23 Å². The van der Waals surface area contributed by atoms with E-state index in [1.807, 2.05) is 0 Å². The van der Waals surface area contributed by atoms with Crippen LogP contribution in [-0.4, -0.2) is 7.11 Å². The molecule has 0 aliphatic heterocycles. The maximum Gasteiger partial charge on any atom is 0.131 e. The summed E-state index contributed by atoms with van der Waals surface area (Å²) in [6.45, 7) is 0. The van der Waals surface area contributed by atoms with Crippen LogP contribution in [0.15, 0.2) is 18.2 Å². The Hall–Kier alpha value is -0.760. The van der Waals surface area contributed by atoms with Gasteiger partial charge in [-0.1, -0.05) is 31.7 Å². The van der Waals surface area contributed by atoms with Crippen LogP contribution in [0.1, 0.15) is 49.5 Å². The Morgan fingerprint density at radius 1 is 1.22 bits per heavy atom. The summed E-state index contributed by atoms with van der Waals surface area (Å²) in [7, 11) is 1.54. The fraction of sp³-hybridized carbons (Fsp3) is 0.600. The second-order valence-corrected chi connectivity index (χ2v) is 5.51. The Labute approximate surface area is 113 Å². The molecule has 100 valence electrons. The molecular formula is C15H20ClFO. The van der Waals surface area contributed by atoms with Crippen molar-refractivity contribution < 1.29 is 9.13 Å². The Kier molecular flexibility index (Phi) is 4.87. The standard InChI is InChI=1S/C15H20ClFO/c1-18-12-8-9-13(14(17)10-12)15(16)11-6-4-2-3-5-7-11/h8-11,15H,2-7H2,1H3. The highest BCUT2D eigenvalue weighted by molar-refractivity contribution is 6.21. The Bertz CT molecular complexity index is 386. The first kappa shape index (κ1) is 13.7. The molecule has 0 heterocycles. The lowest BCUT2D eigenvalue weighted by molar-refractivity contribution is 0.407. The van der Waals surface area contributed by atoms with Crippen LogP contribution in [-0.2, 0) is 0 Å². The summed E-state index contributed by atoms with van der Waals surface area (Å²) in [6, 6.07) is 4.96. The predicted molar refractivity (Wildman–Crippen MR) is 72.7 cm³/mol. The van der Waals surface area contributed by atoms with E-state index in [-0.39, 0.29) is 11.2 Å². The van der Waals surface area contributed by atoms with Crippen molar-refractivity contribution in [2.75, 3.05) is 7.11 Å². The van der Waals surface area contributed by atoms with Gasteiger partial charge in [0.05, 0.1) is 12.5 Å². The second-order valence-electron chi connectivity index (χ2n) is 5.04. The van der Waals surface area contributed by atoms with Crippen LogP contribution in [0.5, 0.6) is 5.75 Å². The van der Waals surface area contributed by atoms with Gasteiger partial charge in [0.2, 0.25) is 0 Å². The summed E-state index contributed by atoms with van der Waals surface area (Å²) in [5.74, 6) is 0.691. The molecular weight excluding hydrogens is 251 g/mol. The van der Waals surface area contributed by atoms with Gasteiger partial charge in [-0.15, -0.1) is 11.6 Å². The zero-order chi connectivity index (χ0) is 13.0. The summed E-state index contributed by atoms with van der Waals surface area (Å²) in [4.78, 5) is 0. The maximum atomic E-state index is 14.0. The van der Waals surface area contributed by atoms with Gasteiger partial charge in [-0.25, -0.2) is 4.39 Å². The van der Waals surface area contributed by atoms with Gasteiger partial charge in [-0.05, 0) is 24.8 Å². The summed E-state index contributed by atoms with van der Waals surface area (Å²) in [6.07, 6.45) is 7.22. The maximum absolute atomic E-state index is 14.0. The molecule has 0 radical (unpaired) electrons. The number of rotatable bonds is 3. The van der Waals surface area contributed by atoms with E-state index in [2.05, 4.69) is 0 Å². The first-order valence-electron chi connectivity index (χ1n) is 6.70. The highest BCUT2D eigenvalue weighted by Crippen LogP contribution is 2.39. The van der Waals surface area contributed by atoms with Crippen molar-refractivity contribution >= 4 is 11.6 Å². The van der Waals surface area contributed by atoms with Gasteiger partial charge in [0.25, 0.3) is 0 Å². The van der Waals surface area contributed by atoms with Crippen molar-refractivity contribution in [3.8, 4) is 5.75 Å².